The summed E-state index contributed by atoms with van der Waals surface area (Å²) in [6.07, 6.45) is 2.47. The average Bonchev–Trinajstić information content (AvgIpc) is 2.49. The van der Waals surface area contributed by atoms with Gasteiger partial charge in [0.1, 0.15) is 18.0 Å². The van der Waals surface area contributed by atoms with Gasteiger partial charge in [0.15, 0.2) is 0 Å². The second kappa shape index (κ2) is 10.1. The zero-order valence-electron chi connectivity index (χ0n) is 14.9. The molecule has 1 amide bonds. The molecule has 138 valence electrons. The summed E-state index contributed by atoms with van der Waals surface area (Å²) in [7, 11) is 0. The lowest BCUT2D eigenvalue weighted by atomic mass is 10.2. The minimum Gasteiger partial charge on any atom is -0.490 e. The first-order chi connectivity index (χ1) is 11.7. The van der Waals surface area contributed by atoms with Gasteiger partial charge in [0.05, 0.1) is 17.6 Å². The minimum atomic E-state index is -0.543. The van der Waals surface area contributed by atoms with Crippen LogP contribution in [0.15, 0.2) is 28.7 Å². The number of carbonyl (C=O) groups is 2. The first-order valence-corrected chi connectivity index (χ1v) is 8.75. The molecule has 1 aromatic carbocycles. The molecule has 0 aliphatic carbocycles. The van der Waals surface area contributed by atoms with Crippen molar-refractivity contribution in [3.8, 4) is 5.75 Å². The number of alkyl carbamates (subject to hydrolysis) is 1. The molecular weight excluding hydrogens is 390 g/mol. The highest BCUT2D eigenvalue weighted by Crippen LogP contribution is 2.30. The SMILES string of the molecule is CCOC(=O)C=Cc1cccc(Br)c1OCCNC(=O)OC(C)(C)C. The van der Waals surface area contributed by atoms with Crippen LogP contribution in [0, 0.1) is 0 Å². The maximum atomic E-state index is 11.6. The van der Waals surface area contributed by atoms with Crippen LogP contribution in [0.25, 0.3) is 6.08 Å². The molecule has 0 saturated heterocycles. The number of para-hydroxylation sites is 1. The summed E-state index contributed by atoms with van der Waals surface area (Å²) in [4.78, 5) is 23.0. The average molecular weight is 414 g/mol. The third-order valence-corrected chi connectivity index (χ3v) is 3.32. The predicted molar refractivity (Wildman–Crippen MR) is 99.5 cm³/mol. The van der Waals surface area contributed by atoms with E-state index in [0.29, 0.717) is 12.4 Å². The highest BCUT2D eigenvalue weighted by molar-refractivity contribution is 9.10. The van der Waals surface area contributed by atoms with Crippen LogP contribution >= 0.6 is 15.9 Å². The van der Waals surface area contributed by atoms with Crippen molar-refractivity contribution in [3.63, 3.8) is 0 Å². The lowest BCUT2D eigenvalue weighted by Crippen LogP contribution is -2.34. The van der Waals surface area contributed by atoms with Gasteiger partial charge in [-0.25, -0.2) is 9.59 Å². The van der Waals surface area contributed by atoms with Crippen LogP contribution in [0.5, 0.6) is 5.75 Å². The van der Waals surface area contributed by atoms with E-state index < -0.39 is 17.7 Å². The highest BCUT2D eigenvalue weighted by Gasteiger charge is 2.15. The molecule has 7 heteroatoms. The van der Waals surface area contributed by atoms with Gasteiger partial charge in [-0.1, -0.05) is 12.1 Å². The van der Waals surface area contributed by atoms with E-state index in [2.05, 4.69) is 21.2 Å². The standard InChI is InChI=1S/C18H24BrNO5/c1-5-23-15(21)10-9-13-7-6-8-14(19)16(13)24-12-11-20-17(22)25-18(2,3)4/h6-10H,5,11-12H2,1-4H3,(H,20,22). The van der Waals surface area contributed by atoms with Gasteiger partial charge in [0, 0.05) is 11.6 Å². The van der Waals surface area contributed by atoms with Crippen LogP contribution in [0.4, 0.5) is 4.79 Å². The van der Waals surface area contributed by atoms with Crippen LogP contribution in [0.3, 0.4) is 0 Å². The van der Waals surface area contributed by atoms with Gasteiger partial charge in [-0.05, 0) is 55.8 Å². The fraction of sp³-hybridized carbons (Fsp3) is 0.444. The number of hydrogen-bond acceptors (Lipinski definition) is 5. The Bertz CT molecular complexity index is 622. The molecular formula is C18H24BrNO5. The molecule has 0 aliphatic rings. The van der Waals surface area contributed by atoms with E-state index in [9.17, 15) is 9.59 Å². The first-order valence-electron chi connectivity index (χ1n) is 7.96. The van der Waals surface area contributed by atoms with Crippen molar-refractivity contribution in [1.29, 1.82) is 0 Å². The second-order valence-electron chi connectivity index (χ2n) is 6.02. The zero-order valence-corrected chi connectivity index (χ0v) is 16.5. The van der Waals surface area contributed by atoms with Gasteiger partial charge in [-0.15, -0.1) is 0 Å². The minimum absolute atomic E-state index is 0.252. The highest BCUT2D eigenvalue weighted by atomic mass is 79.9. The molecule has 0 saturated carbocycles. The molecule has 1 aromatic rings. The Kier molecular flexibility index (Phi) is 8.48. The van der Waals surface area contributed by atoms with Crippen LogP contribution in [0.1, 0.15) is 33.3 Å². The maximum Gasteiger partial charge on any atom is 0.407 e. The van der Waals surface area contributed by atoms with E-state index in [1.807, 2.05) is 18.2 Å². The van der Waals surface area contributed by atoms with Crippen LogP contribution < -0.4 is 10.1 Å². The fourth-order valence-corrected chi connectivity index (χ4v) is 2.27. The number of rotatable bonds is 7. The van der Waals surface area contributed by atoms with E-state index in [4.69, 9.17) is 14.2 Å². The van der Waals surface area contributed by atoms with Crippen LogP contribution in [-0.4, -0.2) is 37.4 Å². The smallest absolute Gasteiger partial charge is 0.407 e. The molecule has 6 nitrogen and oxygen atoms in total. The van der Waals surface area contributed by atoms with E-state index in [-0.39, 0.29) is 13.2 Å². The Hall–Kier alpha value is -2.02. The molecule has 0 heterocycles. The number of nitrogens with one attached hydrogen (secondary N) is 1. The van der Waals surface area contributed by atoms with Crippen molar-refractivity contribution in [2.45, 2.75) is 33.3 Å². The molecule has 0 aliphatic heterocycles. The predicted octanol–water partition coefficient (Wildman–Crippen LogP) is 3.93. The van der Waals surface area contributed by atoms with E-state index in [1.54, 1.807) is 33.8 Å². The molecule has 0 atom stereocenters. The summed E-state index contributed by atoms with van der Waals surface area (Å²) < 4.78 is 16.5. The van der Waals surface area contributed by atoms with Gasteiger partial charge < -0.3 is 19.5 Å². The largest absolute Gasteiger partial charge is 0.490 e. The molecule has 25 heavy (non-hydrogen) atoms. The Morgan fingerprint density at radius 2 is 2.00 bits per heavy atom. The fourth-order valence-electron chi connectivity index (χ4n) is 1.78. The topological polar surface area (TPSA) is 73.9 Å². The van der Waals surface area contributed by atoms with Crippen molar-refractivity contribution in [2.75, 3.05) is 19.8 Å². The number of carbonyl (C=O) groups excluding carboxylic acids is 2. The normalized spacial score (nSPS) is 11.2. The van der Waals surface area contributed by atoms with Gasteiger partial charge in [-0.3, -0.25) is 0 Å². The summed E-state index contributed by atoms with van der Waals surface area (Å²) >= 11 is 3.42. The molecule has 1 rings (SSSR count). The van der Waals surface area contributed by atoms with Gasteiger partial charge in [-0.2, -0.15) is 0 Å². The van der Waals surface area contributed by atoms with Crippen molar-refractivity contribution < 1.29 is 23.8 Å². The molecule has 0 spiro atoms. The molecule has 0 bridgehead atoms. The summed E-state index contributed by atoms with van der Waals surface area (Å²) in [5.74, 6) is 0.161. The van der Waals surface area contributed by atoms with E-state index in [1.165, 1.54) is 6.08 Å². The number of hydrogen-bond donors (Lipinski definition) is 1. The number of benzene rings is 1. The molecule has 0 unspecified atom stereocenters. The Labute approximate surface area is 156 Å². The van der Waals surface area contributed by atoms with Crippen molar-refractivity contribution in [3.05, 3.63) is 34.3 Å². The number of ether oxygens (including phenoxy) is 3. The van der Waals surface area contributed by atoms with Gasteiger partial charge in [0.2, 0.25) is 0 Å². The van der Waals surface area contributed by atoms with Crippen molar-refractivity contribution in [1.82, 2.24) is 5.32 Å². The lowest BCUT2D eigenvalue weighted by molar-refractivity contribution is -0.137. The zero-order chi connectivity index (χ0) is 18.9. The van der Waals surface area contributed by atoms with Crippen LogP contribution in [-0.2, 0) is 14.3 Å². The van der Waals surface area contributed by atoms with Crippen molar-refractivity contribution in [2.24, 2.45) is 0 Å². The molecule has 1 N–H and O–H groups in total. The third-order valence-electron chi connectivity index (χ3n) is 2.70. The second-order valence-corrected chi connectivity index (χ2v) is 6.88. The molecule has 0 fully saturated rings. The first kappa shape index (κ1) is 21.0. The van der Waals surface area contributed by atoms with E-state index >= 15 is 0 Å². The summed E-state index contributed by atoms with van der Waals surface area (Å²) in [6, 6.07) is 5.48. The monoisotopic (exact) mass is 413 g/mol. The maximum absolute atomic E-state index is 11.6. The van der Waals surface area contributed by atoms with Crippen LogP contribution in [0.2, 0.25) is 0 Å². The third kappa shape index (κ3) is 8.58. The van der Waals surface area contributed by atoms with Crippen molar-refractivity contribution >= 4 is 34.1 Å². The summed E-state index contributed by atoms with van der Waals surface area (Å²) in [5, 5.41) is 2.62. The van der Waals surface area contributed by atoms with Gasteiger partial charge in [0.25, 0.3) is 0 Å². The number of halogens is 1. The Balaban J connectivity index is 2.61. The molecule has 0 radical (unpaired) electrons. The number of amides is 1. The van der Waals surface area contributed by atoms with E-state index in [0.717, 1.165) is 10.0 Å². The Morgan fingerprint density at radius 3 is 2.64 bits per heavy atom. The number of esters is 1. The quantitative estimate of drug-likeness (QED) is 0.416. The summed E-state index contributed by atoms with van der Waals surface area (Å²) in [5.41, 5.74) is 0.179. The summed E-state index contributed by atoms with van der Waals surface area (Å²) in [6.45, 7) is 8.00. The van der Waals surface area contributed by atoms with Gasteiger partial charge >= 0.3 is 12.1 Å². The Morgan fingerprint density at radius 1 is 1.28 bits per heavy atom. The molecule has 0 aromatic heterocycles. The lowest BCUT2D eigenvalue weighted by Gasteiger charge is -2.19.